The maximum Gasteiger partial charge on any atom is 0.274 e. The van der Waals surface area contributed by atoms with Crippen molar-refractivity contribution < 1.29 is 19.6 Å². The molecule has 1 atom stereocenters. The fourth-order valence-electron chi connectivity index (χ4n) is 3.58. The molecule has 0 saturated carbocycles. The van der Waals surface area contributed by atoms with Crippen LogP contribution in [-0.4, -0.2) is 38.9 Å². The highest BCUT2D eigenvalue weighted by molar-refractivity contribution is 6.31. The molecule has 1 aromatic heterocycles. The molecule has 0 radical (unpaired) electrons. The van der Waals surface area contributed by atoms with Gasteiger partial charge in [0.2, 0.25) is 5.91 Å². The molecule has 2 aromatic carbocycles. The molecule has 0 saturated heterocycles. The number of carbonyl (C=O) groups is 3. The van der Waals surface area contributed by atoms with Crippen LogP contribution in [0.2, 0.25) is 5.02 Å². The Bertz CT molecular complexity index is 1170. The number of benzene rings is 2. The van der Waals surface area contributed by atoms with Crippen molar-refractivity contribution in [3.8, 4) is 0 Å². The van der Waals surface area contributed by atoms with E-state index in [9.17, 15) is 14.4 Å². The summed E-state index contributed by atoms with van der Waals surface area (Å²) in [6.45, 7) is 0.132. The zero-order chi connectivity index (χ0) is 22.7. The monoisotopic (exact) mass is 450 g/mol. The molecule has 3 N–H and O–H groups in total. The summed E-state index contributed by atoms with van der Waals surface area (Å²) in [6.07, 6.45) is 1.86. The standard InChI is InChI=1S/C23H19ClN4O4/c24-16-8-9-18-19(11-16)26-22(30)20(12-17-3-1-2-10-25-17)28(23(18)31)13-14-4-6-15(7-5-14)21(29)27-32/h1-11,20,32H,12-13H2,(H,26,30)(H,27,29). The molecular weight excluding hydrogens is 432 g/mol. The Morgan fingerprint density at radius 2 is 1.91 bits per heavy atom. The number of nitrogens with zero attached hydrogens (tertiary/aromatic N) is 2. The number of hydrogen-bond donors (Lipinski definition) is 3. The van der Waals surface area contributed by atoms with Gasteiger partial charge in [-0.25, -0.2) is 5.48 Å². The molecule has 3 aromatic rings. The number of anilines is 1. The zero-order valence-electron chi connectivity index (χ0n) is 16.8. The molecule has 0 fully saturated rings. The number of rotatable bonds is 5. The fraction of sp³-hybridized carbons (Fsp3) is 0.130. The number of carbonyl (C=O) groups excluding carboxylic acids is 3. The number of hydroxylamine groups is 1. The van der Waals surface area contributed by atoms with Gasteiger partial charge in [0, 0.05) is 35.4 Å². The summed E-state index contributed by atoms with van der Waals surface area (Å²) in [5, 5.41) is 12.0. The summed E-state index contributed by atoms with van der Waals surface area (Å²) in [7, 11) is 0. The number of nitrogens with one attached hydrogen (secondary N) is 2. The maximum absolute atomic E-state index is 13.5. The summed E-state index contributed by atoms with van der Waals surface area (Å²) in [5.74, 6) is -1.31. The van der Waals surface area contributed by atoms with Crippen molar-refractivity contribution in [1.82, 2.24) is 15.4 Å². The lowest BCUT2D eigenvalue weighted by molar-refractivity contribution is -0.120. The molecule has 0 spiro atoms. The van der Waals surface area contributed by atoms with Crippen molar-refractivity contribution in [3.05, 3.63) is 94.3 Å². The SMILES string of the molecule is O=C(NO)c1ccc(CN2C(=O)c3ccc(Cl)cc3NC(=O)C2Cc2ccccn2)cc1. The molecule has 2 heterocycles. The third-order valence-electron chi connectivity index (χ3n) is 5.21. The first-order valence-electron chi connectivity index (χ1n) is 9.81. The zero-order valence-corrected chi connectivity index (χ0v) is 17.5. The van der Waals surface area contributed by atoms with E-state index in [0.717, 1.165) is 0 Å². The topological polar surface area (TPSA) is 112 Å². The van der Waals surface area contributed by atoms with Crippen molar-refractivity contribution in [2.45, 2.75) is 19.0 Å². The van der Waals surface area contributed by atoms with Crippen LogP contribution >= 0.6 is 11.6 Å². The van der Waals surface area contributed by atoms with Crippen LogP contribution in [0.1, 0.15) is 32.0 Å². The van der Waals surface area contributed by atoms with E-state index in [0.29, 0.717) is 27.5 Å². The highest BCUT2D eigenvalue weighted by Crippen LogP contribution is 2.28. The van der Waals surface area contributed by atoms with Gasteiger partial charge in [-0.3, -0.25) is 24.6 Å². The maximum atomic E-state index is 13.5. The van der Waals surface area contributed by atoms with E-state index in [-0.39, 0.29) is 30.3 Å². The average Bonchev–Trinajstić information content (AvgIpc) is 2.89. The lowest BCUT2D eigenvalue weighted by atomic mass is 10.0. The number of hydrogen-bond acceptors (Lipinski definition) is 5. The van der Waals surface area contributed by atoms with Crippen LogP contribution in [0.3, 0.4) is 0 Å². The number of pyridine rings is 1. The van der Waals surface area contributed by atoms with E-state index in [1.54, 1.807) is 54.1 Å². The Morgan fingerprint density at radius 3 is 2.59 bits per heavy atom. The molecule has 4 rings (SSSR count). The van der Waals surface area contributed by atoms with Gasteiger partial charge >= 0.3 is 0 Å². The third kappa shape index (κ3) is 4.46. The predicted molar refractivity (Wildman–Crippen MR) is 117 cm³/mol. The Labute approximate surface area is 188 Å². The molecule has 0 aliphatic carbocycles. The summed E-state index contributed by atoms with van der Waals surface area (Å²) in [6, 6.07) is 15.7. The Kier molecular flexibility index (Phi) is 6.16. The highest BCUT2D eigenvalue weighted by Gasteiger charge is 2.35. The van der Waals surface area contributed by atoms with Crippen molar-refractivity contribution in [1.29, 1.82) is 0 Å². The molecule has 1 unspecified atom stereocenters. The minimum atomic E-state index is -0.816. The van der Waals surface area contributed by atoms with Crippen LogP contribution in [0.5, 0.6) is 0 Å². The van der Waals surface area contributed by atoms with E-state index in [4.69, 9.17) is 16.8 Å². The Balaban J connectivity index is 1.71. The van der Waals surface area contributed by atoms with Gasteiger partial charge < -0.3 is 10.2 Å². The minimum absolute atomic E-state index is 0.132. The third-order valence-corrected chi connectivity index (χ3v) is 5.44. The summed E-state index contributed by atoms with van der Waals surface area (Å²) in [5.41, 5.74) is 3.92. The van der Waals surface area contributed by atoms with Crippen LogP contribution in [-0.2, 0) is 17.8 Å². The van der Waals surface area contributed by atoms with Crippen LogP contribution in [0.25, 0.3) is 0 Å². The second kappa shape index (κ2) is 9.17. The van der Waals surface area contributed by atoms with Crippen LogP contribution in [0.15, 0.2) is 66.9 Å². The lowest BCUT2D eigenvalue weighted by Gasteiger charge is -2.28. The van der Waals surface area contributed by atoms with Crippen molar-refractivity contribution in [3.63, 3.8) is 0 Å². The van der Waals surface area contributed by atoms with E-state index in [1.165, 1.54) is 17.0 Å². The van der Waals surface area contributed by atoms with E-state index < -0.39 is 11.9 Å². The van der Waals surface area contributed by atoms with Crippen molar-refractivity contribution in [2.75, 3.05) is 5.32 Å². The molecule has 162 valence electrons. The smallest absolute Gasteiger partial charge is 0.274 e. The second-order valence-electron chi connectivity index (χ2n) is 7.29. The second-order valence-corrected chi connectivity index (χ2v) is 7.73. The van der Waals surface area contributed by atoms with Gasteiger partial charge in [0.1, 0.15) is 6.04 Å². The number of amides is 3. The van der Waals surface area contributed by atoms with Crippen LogP contribution in [0, 0.1) is 0 Å². The molecule has 8 nitrogen and oxygen atoms in total. The van der Waals surface area contributed by atoms with Gasteiger partial charge in [0.25, 0.3) is 11.8 Å². The number of halogens is 1. The molecular formula is C23H19ClN4O4. The molecule has 1 aliphatic heterocycles. The van der Waals surface area contributed by atoms with Gasteiger partial charge in [-0.15, -0.1) is 0 Å². The van der Waals surface area contributed by atoms with Crippen molar-refractivity contribution >= 4 is 35.0 Å². The van der Waals surface area contributed by atoms with Crippen LogP contribution < -0.4 is 10.8 Å². The van der Waals surface area contributed by atoms with Gasteiger partial charge in [-0.2, -0.15) is 0 Å². The van der Waals surface area contributed by atoms with E-state index >= 15 is 0 Å². The predicted octanol–water partition coefficient (Wildman–Crippen LogP) is 3.06. The quantitative estimate of drug-likeness (QED) is 0.408. The van der Waals surface area contributed by atoms with Gasteiger partial charge in [0.15, 0.2) is 0 Å². The molecule has 1 aliphatic rings. The molecule has 32 heavy (non-hydrogen) atoms. The first kappa shape index (κ1) is 21.5. The number of fused-ring (bicyclic) bond motifs is 1. The van der Waals surface area contributed by atoms with E-state index in [2.05, 4.69) is 10.3 Å². The fourth-order valence-corrected chi connectivity index (χ4v) is 3.76. The first-order chi connectivity index (χ1) is 15.5. The highest BCUT2D eigenvalue weighted by atomic mass is 35.5. The minimum Gasteiger partial charge on any atom is -0.323 e. The van der Waals surface area contributed by atoms with Gasteiger partial charge in [-0.05, 0) is 48.0 Å². The first-order valence-corrected chi connectivity index (χ1v) is 10.2. The van der Waals surface area contributed by atoms with Crippen molar-refractivity contribution in [2.24, 2.45) is 0 Å². The summed E-state index contributed by atoms with van der Waals surface area (Å²) >= 11 is 6.07. The van der Waals surface area contributed by atoms with Gasteiger partial charge in [0.05, 0.1) is 11.3 Å². The van der Waals surface area contributed by atoms with E-state index in [1.807, 2.05) is 6.07 Å². The average molecular weight is 451 g/mol. The molecule has 0 bridgehead atoms. The largest absolute Gasteiger partial charge is 0.323 e. The van der Waals surface area contributed by atoms with Gasteiger partial charge in [-0.1, -0.05) is 29.8 Å². The molecule has 9 heteroatoms. The summed E-state index contributed by atoms with van der Waals surface area (Å²) < 4.78 is 0. The summed E-state index contributed by atoms with van der Waals surface area (Å²) in [4.78, 5) is 44.0. The Morgan fingerprint density at radius 1 is 1.12 bits per heavy atom. The number of aromatic nitrogens is 1. The normalized spacial score (nSPS) is 15.6. The Hall–Kier alpha value is -3.75. The van der Waals surface area contributed by atoms with Crippen LogP contribution in [0.4, 0.5) is 5.69 Å². The lowest BCUT2D eigenvalue weighted by Crippen LogP contribution is -2.46. The molecule has 3 amide bonds.